The van der Waals surface area contributed by atoms with Crippen molar-refractivity contribution in [1.82, 2.24) is 4.98 Å². The van der Waals surface area contributed by atoms with E-state index in [0.717, 1.165) is 22.5 Å². The number of nitrogens with zero attached hydrogens (tertiary/aromatic N) is 1. The Bertz CT molecular complexity index is 1200. The molecule has 2 N–H and O–H groups in total. The van der Waals surface area contributed by atoms with Gasteiger partial charge in [0.25, 0.3) is 11.8 Å². The number of hydrogen-bond donors (Lipinski definition) is 2. The number of furan rings is 1. The van der Waals surface area contributed by atoms with Gasteiger partial charge in [-0.3, -0.25) is 14.9 Å². The van der Waals surface area contributed by atoms with Crippen molar-refractivity contribution in [3.63, 3.8) is 0 Å². The molecule has 2 aromatic heterocycles. The number of anilines is 2. The van der Waals surface area contributed by atoms with Crippen LogP contribution >= 0.6 is 11.3 Å². The lowest BCUT2D eigenvalue weighted by Crippen LogP contribution is -2.13. The van der Waals surface area contributed by atoms with Crippen molar-refractivity contribution < 1.29 is 18.4 Å². The topological polar surface area (TPSA) is 84.2 Å². The molecule has 4 rings (SSSR count). The predicted molar refractivity (Wildman–Crippen MR) is 113 cm³/mol. The minimum Gasteiger partial charge on any atom is -0.459 e. The van der Waals surface area contributed by atoms with Gasteiger partial charge in [0.2, 0.25) is 0 Å². The number of aryl methyl sites for hydroxylation is 1. The smallest absolute Gasteiger partial charge is 0.292 e. The van der Waals surface area contributed by atoms with E-state index in [1.807, 2.05) is 31.2 Å². The van der Waals surface area contributed by atoms with E-state index >= 15 is 0 Å². The molecule has 0 saturated heterocycles. The molecule has 4 aromatic rings. The van der Waals surface area contributed by atoms with Crippen molar-refractivity contribution in [3.8, 4) is 11.3 Å². The fraction of sp³-hybridized carbons (Fsp3) is 0.0455. The summed E-state index contributed by atoms with van der Waals surface area (Å²) in [4.78, 5) is 29.4. The Hall–Kier alpha value is -3.78. The monoisotopic (exact) mass is 421 g/mol. The van der Waals surface area contributed by atoms with Crippen LogP contribution in [0.15, 0.2) is 71.3 Å². The molecule has 30 heavy (non-hydrogen) atoms. The van der Waals surface area contributed by atoms with Crippen LogP contribution in [0.4, 0.5) is 14.5 Å². The quantitative estimate of drug-likeness (QED) is 0.455. The largest absolute Gasteiger partial charge is 0.459 e. The summed E-state index contributed by atoms with van der Waals surface area (Å²) in [5.74, 6) is -1.54. The number of halogens is 1. The molecule has 0 saturated carbocycles. The predicted octanol–water partition coefficient (Wildman–Crippen LogP) is 5.36. The summed E-state index contributed by atoms with van der Waals surface area (Å²) in [6, 6.07) is 16.4. The molecule has 0 fully saturated rings. The van der Waals surface area contributed by atoms with Gasteiger partial charge < -0.3 is 9.73 Å². The summed E-state index contributed by atoms with van der Waals surface area (Å²) in [7, 11) is 0. The van der Waals surface area contributed by atoms with Crippen LogP contribution in [0, 0.1) is 12.7 Å². The van der Waals surface area contributed by atoms with E-state index < -0.39 is 17.6 Å². The van der Waals surface area contributed by atoms with Crippen molar-refractivity contribution in [2.75, 3.05) is 10.6 Å². The highest BCUT2D eigenvalue weighted by molar-refractivity contribution is 7.20. The van der Waals surface area contributed by atoms with Crippen LogP contribution in [0.5, 0.6) is 0 Å². The summed E-state index contributed by atoms with van der Waals surface area (Å²) >= 11 is 1.07. The van der Waals surface area contributed by atoms with E-state index in [1.54, 1.807) is 18.2 Å². The average molecular weight is 421 g/mol. The van der Waals surface area contributed by atoms with Crippen LogP contribution in [0.2, 0.25) is 0 Å². The summed E-state index contributed by atoms with van der Waals surface area (Å²) < 4.78 is 19.0. The second-order valence-corrected chi connectivity index (χ2v) is 7.43. The minimum absolute atomic E-state index is 0.0919. The molecule has 2 heterocycles. The molecule has 0 aliphatic heterocycles. The zero-order valence-electron chi connectivity index (χ0n) is 15.8. The van der Waals surface area contributed by atoms with Gasteiger partial charge in [-0.1, -0.05) is 53.3 Å². The van der Waals surface area contributed by atoms with Gasteiger partial charge in [-0.05, 0) is 31.2 Å². The van der Waals surface area contributed by atoms with Gasteiger partial charge in [0.1, 0.15) is 16.5 Å². The van der Waals surface area contributed by atoms with Gasteiger partial charge >= 0.3 is 0 Å². The highest BCUT2D eigenvalue weighted by Crippen LogP contribution is 2.36. The highest BCUT2D eigenvalue weighted by Gasteiger charge is 2.20. The Labute approximate surface area is 175 Å². The van der Waals surface area contributed by atoms with Gasteiger partial charge in [-0.15, -0.1) is 0 Å². The lowest BCUT2D eigenvalue weighted by Gasteiger charge is -2.04. The van der Waals surface area contributed by atoms with E-state index in [1.165, 1.54) is 24.5 Å². The third-order valence-electron chi connectivity index (χ3n) is 4.26. The molecule has 0 radical (unpaired) electrons. The third kappa shape index (κ3) is 4.13. The zero-order chi connectivity index (χ0) is 21.1. The van der Waals surface area contributed by atoms with E-state index in [-0.39, 0.29) is 16.5 Å². The van der Waals surface area contributed by atoms with Crippen molar-refractivity contribution in [1.29, 1.82) is 0 Å². The van der Waals surface area contributed by atoms with Crippen LogP contribution < -0.4 is 10.6 Å². The fourth-order valence-electron chi connectivity index (χ4n) is 2.75. The number of benzene rings is 2. The maximum atomic E-state index is 13.9. The third-order valence-corrected chi connectivity index (χ3v) is 5.15. The standard InChI is InChI=1S/C22H16FN3O3S/c1-13-8-10-14(11-9-13)18-21(25-20(28)17-7-4-12-29-17)30-22(24-18)26-19(27)15-5-2-3-6-16(15)23/h2-12H,1H3,(H,25,28)(H,24,26,27). The molecule has 8 heteroatoms. The molecular formula is C22H16FN3O3S. The Morgan fingerprint density at radius 2 is 1.73 bits per heavy atom. The van der Waals surface area contributed by atoms with Gasteiger partial charge in [0.05, 0.1) is 11.8 Å². The van der Waals surface area contributed by atoms with Crippen LogP contribution in [-0.4, -0.2) is 16.8 Å². The molecule has 2 amide bonds. The number of carbonyl (C=O) groups is 2. The molecular weight excluding hydrogens is 405 g/mol. The maximum absolute atomic E-state index is 13.9. The van der Waals surface area contributed by atoms with Crippen LogP contribution in [0.25, 0.3) is 11.3 Å². The number of nitrogens with one attached hydrogen (secondary N) is 2. The number of aromatic nitrogens is 1. The fourth-order valence-corrected chi connectivity index (χ4v) is 3.63. The van der Waals surface area contributed by atoms with E-state index in [9.17, 15) is 14.0 Å². The average Bonchev–Trinajstić information content (AvgIpc) is 3.39. The number of carbonyl (C=O) groups excluding carboxylic acids is 2. The number of amides is 2. The normalized spacial score (nSPS) is 10.6. The Morgan fingerprint density at radius 3 is 2.43 bits per heavy atom. The van der Waals surface area contributed by atoms with E-state index in [4.69, 9.17) is 4.42 Å². The second kappa shape index (κ2) is 8.30. The summed E-state index contributed by atoms with van der Waals surface area (Å²) in [6.45, 7) is 1.96. The summed E-state index contributed by atoms with van der Waals surface area (Å²) in [5.41, 5.74) is 2.23. The van der Waals surface area contributed by atoms with E-state index in [0.29, 0.717) is 10.7 Å². The zero-order valence-corrected chi connectivity index (χ0v) is 16.6. The first-order valence-electron chi connectivity index (χ1n) is 9.00. The van der Waals surface area contributed by atoms with Gasteiger partial charge in [-0.25, -0.2) is 9.37 Å². The molecule has 0 atom stereocenters. The van der Waals surface area contributed by atoms with Crippen molar-refractivity contribution in [2.24, 2.45) is 0 Å². The first kappa shape index (κ1) is 19.5. The maximum Gasteiger partial charge on any atom is 0.292 e. The molecule has 150 valence electrons. The van der Waals surface area contributed by atoms with Gasteiger partial charge in [-0.2, -0.15) is 0 Å². The minimum atomic E-state index is -0.628. The van der Waals surface area contributed by atoms with Crippen LogP contribution in [0.1, 0.15) is 26.5 Å². The molecule has 0 aliphatic rings. The molecule has 0 aliphatic carbocycles. The SMILES string of the molecule is Cc1ccc(-c2nc(NC(=O)c3ccccc3F)sc2NC(=O)c2ccco2)cc1. The number of thiazole rings is 1. The molecule has 6 nitrogen and oxygen atoms in total. The van der Waals surface area contributed by atoms with Crippen LogP contribution in [0.3, 0.4) is 0 Å². The van der Waals surface area contributed by atoms with Crippen molar-refractivity contribution in [2.45, 2.75) is 6.92 Å². The van der Waals surface area contributed by atoms with Gasteiger partial charge in [0, 0.05) is 5.56 Å². The first-order chi connectivity index (χ1) is 14.5. The highest BCUT2D eigenvalue weighted by atomic mass is 32.1. The van der Waals surface area contributed by atoms with Crippen LogP contribution in [-0.2, 0) is 0 Å². The molecule has 2 aromatic carbocycles. The number of hydrogen-bond acceptors (Lipinski definition) is 5. The first-order valence-corrected chi connectivity index (χ1v) is 9.81. The Morgan fingerprint density at radius 1 is 0.967 bits per heavy atom. The summed E-state index contributed by atoms with van der Waals surface area (Å²) in [6.07, 6.45) is 1.41. The summed E-state index contributed by atoms with van der Waals surface area (Å²) in [5, 5.41) is 6.04. The molecule has 0 unspecified atom stereocenters. The van der Waals surface area contributed by atoms with Crippen molar-refractivity contribution >= 4 is 33.3 Å². The number of rotatable bonds is 5. The lowest BCUT2D eigenvalue weighted by atomic mass is 10.1. The van der Waals surface area contributed by atoms with Gasteiger partial charge in [0.15, 0.2) is 10.9 Å². The second-order valence-electron chi connectivity index (χ2n) is 6.43. The Balaban J connectivity index is 1.66. The molecule has 0 spiro atoms. The van der Waals surface area contributed by atoms with E-state index in [2.05, 4.69) is 15.6 Å². The lowest BCUT2D eigenvalue weighted by molar-refractivity contribution is 0.0994. The molecule has 0 bridgehead atoms. The van der Waals surface area contributed by atoms with Crippen molar-refractivity contribution in [3.05, 3.63) is 89.6 Å². The Kier molecular flexibility index (Phi) is 5.40.